The smallest absolute Gasteiger partial charge is 0.434 e. The van der Waals surface area contributed by atoms with E-state index < -0.39 is 36.7 Å². The highest BCUT2D eigenvalue weighted by atomic mass is 16.7. The Morgan fingerprint density at radius 3 is 2.93 bits per heavy atom. The molecule has 4 N–H and O–H groups in total. The predicted octanol–water partition coefficient (Wildman–Crippen LogP) is 0.494. The van der Waals surface area contributed by atoms with Crippen LogP contribution in [0.5, 0.6) is 0 Å². The lowest BCUT2D eigenvalue weighted by Gasteiger charge is -2.24. The Labute approximate surface area is 166 Å². The number of nitrogens with two attached hydrogens (primary N) is 1. The number of fused-ring (bicyclic) bond motifs is 1. The van der Waals surface area contributed by atoms with Crippen LogP contribution in [0.4, 0.5) is 10.6 Å². The number of hydrogen-bond donors (Lipinski definition) is 3. The zero-order valence-electron chi connectivity index (χ0n) is 15.9. The molecule has 0 amide bonds. The lowest BCUT2D eigenvalue weighted by atomic mass is 9.92. The summed E-state index contributed by atoms with van der Waals surface area (Å²) in [5.74, 6) is 0.179. The fourth-order valence-electron chi connectivity index (χ4n) is 3.25. The van der Waals surface area contributed by atoms with E-state index in [4.69, 9.17) is 19.9 Å². The van der Waals surface area contributed by atoms with Crippen molar-refractivity contribution in [2.24, 2.45) is 0 Å². The average Bonchev–Trinajstić information content (AvgIpc) is 3.26. The molecule has 0 spiro atoms. The molecular weight excluding hydrogens is 382 g/mol. The molecule has 0 bridgehead atoms. The summed E-state index contributed by atoms with van der Waals surface area (Å²) in [5, 5.41) is 34.8. The van der Waals surface area contributed by atoms with Crippen molar-refractivity contribution >= 4 is 17.5 Å². The predicted molar refractivity (Wildman–Crippen MR) is 98.4 cm³/mol. The van der Waals surface area contributed by atoms with Crippen LogP contribution in [0.3, 0.4) is 0 Å². The first-order valence-electron chi connectivity index (χ1n) is 9.28. The molecule has 11 nitrogen and oxygen atoms in total. The number of ether oxygens (including phenoxy) is 3. The van der Waals surface area contributed by atoms with Crippen molar-refractivity contribution in [3.05, 3.63) is 24.2 Å². The minimum absolute atomic E-state index is 0.167. The number of unbranched alkanes of at least 4 members (excludes halogenated alkanes) is 2. The highest BCUT2D eigenvalue weighted by Gasteiger charge is 2.57. The first-order valence-corrected chi connectivity index (χ1v) is 9.28. The minimum atomic E-state index is -1.94. The first kappa shape index (κ1) is 20.8. The van der Waals surface area contributed by atoms with Gasteiger partial charge >= 0.3 is 6.16 Å². The minimum Gasteiger partial charge on any atom is -0.434 e. The Hall–Kier alpha value is -2.94. The molecule has 156 valence electrons. The van der Waals surface area contributed by atoms with Gasteiger partial charge in [0.2, 0.25) is 5.60 Å². The second-order valence-electron chi connectivity index (χ2n) is 6.72. The monoisotopic (exact) mass is 405 g/mol. The van der Waals surface area contributed by atoms with E-state index in [-0.39, 0.29) is 18.1 Å². The van der Waals surface area contributed by atoms with Crippen molar-refractivity contribution in [2.75, 3.05) is 18.9 Å². The van der Waals surface area contributed by atoms with E-state index in [1.165, 1.54) is 16.9 Å². The maximum atomic E-state index is 11.7. The molecule has 0 aliphatic carbocycles. The largest absolute Gasteiger partial charge is 0.508 e. The van der Waals surface area contributed by atoms with Crippen molar-refractivity contribution in [3.8, 4) is 6.07 Å². The SMILES string of the molecule is CCCCCOC(=O)OC[C@H]1O[C@@](C#N)(c2ccc3c(N)ncnn23)[C@H](O)[C@@H]1O. The van der Waals surface area contributed by atoms with E-state index in [2.05, 4.69) is 10.1 Å². The molecule has 0 saturated carbocycles. The maximum Gasteiger partial charge on any atom is 0.508 e. The van der Waals surface area contributed by atoms with Gasteiger partial charge in [-0.15, -0.1) is 0 Å². The second-order valence-corrected chi connectivity index (χ2v) is 6.72. The van der Waals surface area contributed by atoms with Crippen molar-refractivity contribution < 1.29 is 29.2 Å². The fourth-order valence-corrected chi connectivity index (χ4v) is 3.25. The van der Waals surface area contributed by atoms with Crippen LogP contribution in [0.25, 0.3) is 5.52 Å². The van der Waals surface area contributed by atoms with Gasteiger partial charge in [0.1, 0.15) is 42.8 Å². The van der Waals surface area contributed by atoms with Crippen LogP contribution in [0.2, 0.25) is 0 Å². The Morgan fingerprint density at radius 2 is 2.21 bits per heavy atom. The van der Waals surface area contributed by atoms with E-state index in [1.807, 2.05) is 13.0 Å². The van der Waals surface area contributed by atoms with Crippen LogP contribution < -0.4 is 5.73 Å². The van der Waals surface area contributed by atoms with E-state index in [0.717, 1.165) is 19.3 Å². The molecule has 1 fully saturated rings. The molecule has 0 aromatic carbocycles. The summed E-state index contributed by atoms with van der Waals surface area (Å²) in [7, 11) is 0. The highest BCUT2D eigenvalue weighted by molar-refractivity contribution is 5.66. The third-order valence-electron chi connectivity index (χ3n) is 4.82. The molecule has 1 aliphatic heterocycles. The highest BCUT2D eigenvalue weighted by Crippen LogP contribution is 2.40. The number of anilines is 1. The van der Waals surface area contributed by atoms with Gasteiger partial charge in [-0.3, -0.25) is 0 Å². The summed E-state index contributed by atoms with van der Waals surface area (Å²) in [6.45, 7) is 1.86. The molecule has 29 heavy (non-hydrogen) atoms. The third-order valence-corrected chi connectivity index (χ3v) is 4.82. The summed E-state index contributed by atoms with van der Waals surface area (Å²) in [6.07, 6.45) is -1.32. The maximum absolute atomic E-state index is 11.7. The molecule has 0 radical (unpaired) electrons. The summed E-state index contributed by atoms with van der Waals surface area (Å²) >= 11 is 0. The number of nitrogen functional groups attached to an aromatic ring is 1. The molecule has 2 aromatic heterocycles. The zero-order valence-corrected chi connectivity index (χ0v) is 15.9. The Balaban J connectivity index is 1.74. The Morgan fingerprint density at radius 1 is 1.41 bits per heavy atom. The average molecular weight is 405 g/mol. The number of carbonyl (C=O) groups excluding carboxylic acids is 1. The van der Waals surface area contributed by atoms with Gasteiger partial charge < -0.3 is 30.2 Å². The lowest BCUT2D eigenvalue weighted by molar-refractivity contribution is -0.0720. The number of carbonyl (C=O) groups is 1. The number of aliphatic hydroxyl groups is 2. The van der Waals surface area contributed by atoms with E-state index in [0.29, 0.717) is 5.52 Å². The topological polar surface area (TPSA) is 165 Å². The van der Waals surface area contributed by atoms with Crippen molar-refractivity contribution in [1.82, 2.24) is 14.6 Å². The molecule has 0 unspecified atom stereocenters. The number of aromatic nitrogens is 3. The van der Waals surface area contributed by atoms with Crippen LogP contribution in [0.1, 0.15) is 31.9 Å². The van der Waals surface area contributed by atoms with Crippen LogP contribution in [0.15, 0.2) is 18.5 Å². The molecule has 1 aliphatic rings. The summed E-state index contributed by atoms with van der Waals surface area (Å²) in [6, 6.07) is 4.99. The normalized spacial score (nSPS) is 26.3. The summed E-state index contributed by atoms with van der Waals surface area (Å²) in [5.41, 5.74) is 4.45. The van der Waals surface area contributed by atoms with E-state index >= 15 is 0 Å². The van der Waals surface area contributed by atoms with E-state index in [9.17, 15) is 20.3 Å². The van der Waals surface area contributed by atoms with Gasteiger partial charge in [-0.05, 0) is 18.6 Å². The molecule has 11 heteroatoms. The number of nitriles is 1. The standard InChI is InChI=1S/C18H23N5O6/c1-2-3-4-7-27-17(26)28-8-12-14(24)15(25)18(9-19,29-12)13-6-5-11-16(20)21-10-22-23(11)13/h5-6,10,12,14-15,24-25H,2-4,7-8H2,1H3,(H2,20,21,22)/t12-,14-,15-,18+/m1/s1. The summed E-state index contributed by atoms with van der Waals surface area (Å²) < 4.78 is 16.9. The van der Waals surface area contributed by atoms with Crippen LogP contribution in [0, 0.1) is 11.3 Å². The lowest BCUT2D eigenvalue weighted by Crippen LogP contribution is -2.41. The fraction of sp³-hybridized carbons (Fsp3) is 0.556. The van der Waals surface area contributed by atoms with Gasteiger partial charge in [0.15, 0.2) is 5.82 Å². The third kappa shape index (κ3) is 3.82. The number of nitrogens with zero attached hydrogens (tertiary/aromatic N) is 4. The van der Waals surface area contributed by atoms with Crippen molar-refractivity contribution in [3.63, 3.8) is 0 Å². The first-order chi connectivity index (χ1) is 13.9. The zero-order chi connectivity index (χ0) is 21.0. The van der Waals surface area contributed by atoms with Gasteiger partial charge in [0, 0.05) is 0 Å². The Bertz CT molecular complexity index is 912. The molecule has 4 atom stereocenters. The second kappa shape index (κ2) is 8.60. The molecular formula is C18H23N5O6. The van der Waals surface area contributed by atoms with Gasteiger partial charge in [0.05, 0.1) is 12.3 Å². The number of hydrogen-bond acceptors (Lipinski definition) is 10. The van der Waals surface area contributed by atoms with Crippen LogP contribution in [-0.2, 0) is 19.8 Å². The molecule has 3 rings (SSSR count). The van der Waals surface area contributed by atoms with Crippen molar-refractivity contribution in [1.29, 1.82) is 5.26 Å². The van der Waals surface area contributed by atoms with Gasteiger partial charge in [-0.2, -0.15) is 10.4 Å². The Kier molecular flexibility index (Phi) is 6.17. The molecule has 1 saturated heterocycles. The van der Waals surface area contributed by atoms with Crippen LogP contribution >= 0.6 is 0 Å². The van der Waals surface area contributed by atoms with Gasteiger partial charge in [-0.25, -0.2) is 14.3 Å². The van der Waals surface area contributed by atoms with Gasteiger partial charge in [-0.1, -0.05) is 19.8 Å². The quantitative estimate of drug-likeness (QED) is 0.436. The number of rotatable bonds is 7. The van der Waals surface area contributed by atoms with Crippen LogP contribution in [-0.4, -0.2) is 62.5 Å². The van der Waals surface area contributed by atoms with Crippen molar-refractivity contribution in [2.45, 2.75) is 50.1 Å². The summed E-state index contributed by atoms with van der Waals surface area (Å²) in [4.78, 5) is 15.5. The number of aliphatic hydroxyl groups excluding tert-OH is 2. The molecule has 2 aromatic rings. The van der Waals surface area contributed by atoms with E-state index in [1.54, 1.807) is 6.07 Å². The molecule has 3 heterocycles. The van der Waals surface area contributed by atoms with Gasteiger partial charge in [0.25, 0.3) is 0 Å².